The number of amides is 1. The summed E-state index contributed by atoms with van der Waals surface area (Å²) in [5.41, 5.74) is -2.10. The van der Waals surface area contributed by atoms with Gasteiger partial charge in [-0.1, -0.05) is 11.3 Å². The summed E-state index contributed by atoms with van der Waals surface area (Å²) in [6.07, 6.45) is 2.27. The van der Waals surface area contributed by atoms with Crippen molar-refractivity contribution in [2.45, 2.75) is 65.1 Å². The normalized spacial score (nSPS) is 14.2. The fourth-order valence-corrected chi connectivity index (χ4v) is 6.69. The highest BCUT2D eigenvalue weighted by molar-refractivity contribution is 7.22. The molecule has 0 saturated carbocycles. The monoisotopic (exact) mass is 625 g/mol. The predicted octanol–water partition coefficient (Wildman–Crippen LogP) is 4.14. The molecule has 4 rings (SSSR count). The van der Waals surface area contributed by atoms with E-state index in [4.69, 9.17) is 14.7 Å². The number of rotatable bonds is 12. The average Bonchev–Trinajstić information content (AvgIpc) is 3.65. The number of ether oxygens (including phenoxy) is 2. The summed E-state index contributed by atoms with van der Waals surface area (Å²) < 4.78 is 28.4. The minimum absolute atomic E-state index is 0.00853. The van der Waals surface area contributed by atoms with Crippen molar-refractivity contribution in [1.82, 2.24) is 14.0 Å². The van der Waals surface area contributed by atoms with E-state index >= 15 is 0 Å². The first kappa shape index (κ1) is 32.6. The van der Waals surface area contributed by atoms with Crippen LogP contribution in [0.5, 0.6) is 5.75 Å². The average molecular weight is 626 g/mol. The predicted molar refractivity (Wildman–Crippen MR) is 168 cm³/mol. The van der Waals surface area contributed by atoms with Crippen LogP contribution in [0, 0.1) is 24.1 Å². The second kappa shape index (κ2) is 13.5. The Morgan fingerprint density at radius 2 is 2.02 bits per heavy atom. The lowest BCUT2D eigenvalue weighted by Gasteiger charge is -2.31. The van der Waals surface area contributed by atoms with Crippen LogP contribution in [0.2, 0.25) is 0 Å². The molecule has 14 heteroatoms. The lowest BCUT2D eigenvalue weighted by atomic mass is 10.0. The number of benzene rings is 1. The zero-order valence-corrected chi connectivity index (χ0v) is 26.3. The van der Waals surface area contributed by atoms with Gasteiger partial charge in [-0.05, 0) is 58.7 Å². The number of hydrogen-bond acceptors (Lipinski definition) is 10. The minimum Gasteiger partial charge on any atom is -0.496 e. The molecule has 1 aliphatic rings. The molecule has 1 amide bonds. The Labute approximate surface area is 258 Å². The van der Waals surface area contributed by atoms with Gasteiger partial charge >= 0.3 is 5.69 Å². The third-order valence-corrected chi connectivity index (χ3v) is 8.90. The highest BCUT2D eigenvalue weighted by Gasteiger charge is 2.39. The van der Waals surface area contributed by atoms with Gasteiger partial charge in [0.25, 0.3) is 5.56 Å². The number of aromatic nitrogens is 2. The van der Waals surface area contributed by atoms with Crippen LogP contribution in [0.4, 0.5) is 9.39 Å². The molecule has 3 aromatic rings. The molecule has 2 aromatic heterocycles. The number of carbonyl (C=O) groups excluding carboxylic acids is 1. The largest absolute Gasteiger partial charge is 0.496 e. The number of aryl methyl sites for hydroxylation is 1. The van der Waals surface area contributed by atoms with Crippen LogP contribution in [-0.4, -0.2) is 59.7 Å². The van der Waals surface area contributed by atoms with Crippen molar-refractivity contribution in [3.05, 3.63) is 56.0 Å². The number of anilines is 1. The van der Waals surface area contributed by atoms with Crippen LogP contribution in [0.1, 0.15) is 57.3 Å². The first-order valence-electron chi connectivity index (χ1n) is 14.2. The molecule has 0 radical (unpaired) electrons. The summed E-state index contributed by atoms with van der Waals surface area (Å²) in [5, 5.41) is 19.2. The third kappa shape index (κ3) is 6.02. The minimum atomic E-state index is -1.53. The number of nitriles is 1. The maximum atomic E-state index is 14.5. The Balaban J connectivity index is 2.03. The van der Waals surface area contributed by atoms with E-state index in [2.05, 4.69) is 16.9 Å². The van der Waals surface area contributed by atoms with Crippen LogP contribution < -0.4 is 21.1 Å². The van der Waals surface area contributed by atoms with Gasteiger partial charge in [0.1, 0.15) is 33.0 Å². The van der Waals surface area contributed by atoms with Gasteiger partial charge in [-0.3, -0.25) is 14.2 Å². The summed E-state index contributed by atoms with van der Waals surface area (Å²) >= 11 is 1.10. The number of fused-ring (bicyclic) bond motifs is 1. The van der Waals surface area contributed by atoms with Crippen LogP contribution >= 0.6 is 11.3 Å². The molecule has 3 heterocycles. The number of methoxy groups -OCH3 is 1. The molecule has 0 bridgehead atoms. The Bertz CT molecular complexity index is 1750. The number of nitrogens with zero attached hydrogens (tertiary/aromatic N) is 7. The van der Waals surface area contributed by atoms with Gasteiger partial charge in [0.2, 0.25) is 5.91 Å². The molecule has 0 spiro atoms. The first-order chi connectivity index (χ1) is 21.0. The van der Waals surface area contributed by atoms with Crippen LogP contribution in [-0.2, 0) is 21.6 Å². The summed E-state index contributed by atoms with van der Waals surface area (Å²) in [6, 6.07) is 5.96. The number of carbonyl (C=O) groups is 1. The van der Waals surface area contributed by atoms with E-state index in [9.17, 15) is 18.8 Å². The zero-order chi connectivity index (χ0) is 32.2. The van der Waals surface area contributed by atoms with E-state index in [0.29, 0.717) is 35.0 Å². The van der Waals surface area contributed by atoms with Crippen molar-refractivity contribution in [3.8, 4) is 11.8 Å². The van der Waals surface area contributed by atoms with Crippen molar-refractivity contribution < 1.29 is 18.7 Å². The van der Waals surface area contributed by atoms with E-state index in [1.54, 1.807) is 32.6 Å². The van der Waals surface area contributed by atoms with Gasteiger partial charge in [0.05, 0.1) is 38.1 Å². The molecule has 234 valence electrons. The standard InChI is InChI=1S/C30H36FN7O5S/c1-7-34-38(33-5)26-19(2)24-25(39)37(30(3,4)28(40)35-14-8-9-15-35)29(41)36(27(24)44-26)18-23(43-16-10-13-32)21-17-20(31)11-12-22(21)42-6/h7,11-12,17,23H,5,8-10,14-16,18H2,1-4,6H3/b34-7-/t23-/m0/s1. The molecule has 1 saturated heterocycles. The second-order valence-electron chi connectivity index (χ2n) is 10.8. The molecule has 1 aromatic carbocycles. The van der Waals surface area contributed by atoms with Crippen molar-refractivity contribution in [3.63, 3.8) is 0 Å². The SMILES string of the molecule is C=NN(/N=C\C)c1sc2c(c1C)c(=O)n(C(C)(C)C(=O)N1CCCC1)c(=O)n2C[C@H](OCCC#N)c1cc(F)ccc1OC. The summed E-state index contributed by atoms with van der Waals surface area (Å²) in [6.45, 7) is 11.0. The topological polar surface area (TPSA) is 135 Å². The maximum Gasteiger partial charge on any atom is 0.333 e. The molecule has 1 fully saturated rings. The fourth-order valence-electron chi connectivity index (χ4n) is 5.46. The van der Waals surface area contributed by atoms with E-state index in [0.717, 1.165) is 28.7 Å². The van der Waals surface area contributed by atoms with Gasteiger partial charge in [0.15, 0.2) is 0 Å². The van der Waals surface area contributed by atoms with Gasteiger partial charge in [-0.25, -0.2) is 13.8 Å². The summed E-state index contributed by atoms with van der Waals surface area (Å²) in [7, 11) is 1.43. The van der Waals surface area contributed by atoms with Crippen LogP contribution in [0.15, 0.2) is 38.0 Å². The van der Waals surface area contributed by atoms with Crippen LogP contribution in [0.3, 0.4) is 0 Å². The number of likely N-dealkylation sites (tertiary alicyclic amines) is 1. The molecule has 44 heavy (non-hydrogen) atoms. The summed E-state index contributed by atoms with van der Waals surface area (Å²) in [5.74, 6) is -0.571. The smallest absolute Gasteiger partial charge is 0.333 e. The number of hydrazone groups is 2. The Kier molecular flexibility index (Phi) is 10.0. The lowest BCUT2D eigenvalue weighted by molar-refractivity contribution is -0.138. The molecule has 0 N–H and O–H groups in total. The van der Waals surface area contributed by atoms with Crippen molar-refractivity contribution in [2.75, 3.05) is 31.9 Å². The van der Waals surface area contributed by atoms with E-state index in [1.807, 2.05) is 6.07 Å². The van der Waals surface area contributed by atoms with E-state index < -0.39 is 28.7 Å². The number of hydrogen-bond donors (Lipinski definition) is 0. The molecule has 1 aliphatic heterocycles. The quantitative estimate of drug-likeness (QED) is 0.168. The molecular formula is C30H36FN7O5S. The molecule has 0 aliphatic carbocycles. The Morgan fingerprint density at radius 3 is 2.64 bits per heavy atom. The molecule has 0 unspecified atom stereocenters. The Morgan fingerprint density at radius 1 is 1.32 bits per heavy atom. The third-order valence-electron chi connectivity index (χ3n) is 7.62. The molecule has 12 nitrogen and oxygen atoms in total. The zero-order valence-electron chi connectivity index (χ0n) is 25.5. The highest BCUT2D eigenvalue weighted by Crippen LogP contribution is 2.38. The fraction of sp³-hybridized carbons (Fsp3) is 0.467. The van der Waals surface area contributed by atoms with Gasteiger partial charge in [-0.2, -0.15) is 15.5 Å². The maximum absolute atomic E-state index is 14.5. The number of halogens is 1. The van der Waals surface area contributed by atoms with Crippen LogP contribution in [0.25, 0.3) is 10.2 Å². The second-order valence-corrected chi connectivity index (χ2v) is 11.7. The van der Waals surface area contributed by atoms with Gasteiger partial charge in [0, 0.05) is 37.1 Å². The molecular weight excluding hydrogens is 589 g/mol. The van der Waals surface area contributed by atoms with Crippen molar-refractivity contribution in [1.29, 1.82) is 5.26 Å². The summed E-state index contributed by atoms with van der Waals surface area (Å²) in [4.78, 5) is 44.4. The number of thiophene rings is 1. The molecule has 1 atom stereocenters. The van der Waals surface area contributed by atoms with Gasteiger partial charge < -0.3 is 14.4 Å². The van der Waals surface area contributed by atoms with E-state index in [-0.39, 0.29) is 35.7 Å². The van der Waals surface area contributed by atoms with E-state index in [1.165, 1.54) is 41.2 Å². The van der Waals surface area contributed by atoms with Crippen molar-refractivity contribution >= 4 is 45.4 Å². The Hall–Kier alpha value is -4.35. The van der Waals surface area contributed by atoms with Crippen molar-refractivity contribution in [2.24, 2.45) is 10.2 Å². The lowest BCUT2D eigenvalue weighted by Crippen LogP contribution is -2.56. The highest BCUT2D eigenvalue weighted by atomic mass is 32.1. The first-order valence-corrected chi connectivity index (χ1v) is 15.0. The van der Waals surface area contributed by atoms with Gasteiger partial charge in [-0.15, -0.1) is 5.12 Å².